The van der Waals surface area contributed by atoms with Gasteiger partial charge in [0.15, 0.2) is 17.6 Å². The number of nitrogens with two attached hydrogens (primary N) is 1. The molecule has 0 bridgehead atoms. The third-order valence-electron chi connectivity index (χ3n) is 1.93. The Kier molecular flexibility index (Phi) is 3.92. The third-order valence-corrected chi connectivity index (χ3v) is 1.93. The van der Waals surface area contributed by atoms with Crippen LogP contribution in [0.4, 0.5) is 5.82 Å². The first-order chi connectivity index (χ1) is 8.01. The van der Waals surface area contributed by atoms with Crippen molar-refractivity contribution in [1.29, 1.82) is 5.26 Å². The highest BCUT2D eigenvalue weighted by Crippen LogP contribution is 2.16. The van der Waals surface area contributed by atoms with Crippen LogP contribution in [-0.2, 0) is 4.74 Å². The summed E-state index contributed by atoms with van der Waals surface area (Å²) >= 11 is 0. The summed E-state index contributed by atoms with van der Waals surface area (Å²) in [6, 6.07) is 1.43. The number of aliphatic hydroxyl groups is 2. The van der Waals surface area contributed by atoms with Crippen molar-refractivity contribution < 1.29 is 19.7 Å². The fourth-order valence-corrected chi connectivity index (χ4v) is 1.03. The predicted molar refractivity (Wildman–Crippen MR) is 54.4 cm³/mol. The lowest BCUT2D eigenvalue weighted by molar-refractivity contribution is 0.0484. The number of carbonyl (C=O) groups is 1. The Bertz CT molecular complexity index is 471. The molecule has 0 aliphatic heterocycles. The standard InChI is InChI=1S/C9H10N4O4/c1-17-9(16)6-8(11)12-3-4(13-6)7(15)5(14)2-10/h3,5,7,14-15H,1H3,(H2,11,12). The van der Waals surface area contributed by atoms with E-state index in [4.69, 9.17) is 16.1 Å². The highest BCUT2D eigenvalue weighted by atomic mass is 16.5. The molecule has 90 valence electrons. The molecule has 0 aliphatic rings. The number of ether oxygens (including phenoxy) is 1. The van der Waals surface area contributed by atoms with E-state index in [0.29, 0.717) is 0 Å². The Hall–Kier alpha value is -2.24. The molecule has 8 heteroatoms. The molecule has 0 saturated heterocycles. The van der Waals surface area contributed by atoms with Crippen LogP contribution in [0.15, 0.2) is 6.20 Å². The molecule has 0 aromatic carbocycles. The summed E-state index contributed by atoms with van der Waals surface area (Å²) in [5.74, 6) is -0.991. The van der Waals surface area contributed by atoms with Crippen LogP contribution in [0, 0.1) is 11.3 Å². The first kappa shape index (κ1) is 12.8. The highest BCUT2D eigenvalue weighted by molar-refractivity contribution is 5.91. The fourth-order valence-electron chi connectivity index (χ4n) is 1.03. The minimum absolute atomic E-state index is 0.145. The molecule has 0 amide bonds. The molecule has 4 N–H and O–H groups in total. The van der Waals surface area contributed by atoms with Gasteiger partial charge in [0.2, 0.25) is 0 Å². The molecule has 0 spiro atoms. The van der Waals surface area contributed by atoms with E-state index in [1.54, 1.807) is 0 Å². The number of methoxy groups -OCH3 is 1. The largest absolute Gasteiger partial charge is 0.464 e. The normalized spacial score (nSPS) is 13.5. The zero-order valence-electron chi connectivity index (χ0n) is 8.86. The van der Waals surface area contributed by atoms with E-state index in [2.05, 4.69) is 14.7 Å². The van der Waals surface area contributed by atoms with Crippen molar-refractivity contribution in [3.05, 3.63) is 17.6 Å². The quantitative estimate of drug-likeness (QED) is 0.438. The molecule has 0 aliphatic carbocycles. The van der Waals surface area contributed by atoms with Gasteiger partial charge in [-0.2, -0.15) is 5.26 Å². The van der Waals surface area contributed by atoms with Gasteiger partial charge in [-0.1, -0.05) is 0 Å². The van der Waals surface area contributed by atoms with E-state index < -0.39 is 18.2 Å². The number of carbonyl (C=O) groups excluding carboxylic acids is 1. The second-order valence-electron chi connectivity index (χ2n) is 3.04. The van der Waals surface area contributed by atoms with E-state index in [1.165, 1.54) is 6.07 Å². The SMILES string of the molecule is COC(=O)c1nc(C(O)C(O)C#N)cnc1N. The summed E-state index contributed by atoms with van der Waals surface area (Å²) in [5, 5.41) is 27.0. The van der Waals surface area contributed by atoms with E-state index in [0.717, 1.165) is 13.3 Å². The molecule has 2 atom stereocenters. The molecule has 0 saturated carbocycles. The fraction of sp³-hybridized carbons (Fsp3) is 0.333. The lowest BCUT2D eigenvalue weighted by Crippen LogP contribution is -2.20. The first-order valence-electron chi connectivity index (χ1n) is 4.47. The number of rotatable bonds is 3. The third kappa shape index (κ3) is 2.66. The van der Waals surface area contributed by atoms with Crippen molar-refractivity contribution in [2.75, 3.05) is 12.8 Å². The lowest BCUT2D eigenvalue weighted by atomic mass is 10.1. The van der Waals surface area contributed by atoms with Gasteiger partial charge in [-0.15, -0.1) is 0 Å². The number of aromatic nitrogens is 2. The van der Waals surface area contributed by atoms with Crippen LogP contribution in [0.2, 0.25) is 0 Å². The summed E-state index contributed by atoms with van der Waals surface area (Å²) in [4.78, 5) is 18.5. The minimum Gasteiger partial charge on any atom is -0.464 e. The first-order valence-corrected chi connectivity index (χ1v) is 4.47. The number of nitrogens with zero attached hydrogens (tertiary/aromatic N) is 3. The predicted octanol–water partition coefficient (Wildman–Crippen LogP) is -1.24. The van der Waals surface area contributed by atoms with Crippen LogP contribution in [0.3, 0.4) is 0 Å². The summed E-state index contributed by atoms with van der Waals surface area (Å²) in [6.45, 7) is 0. The summed E-state index contributed by atoms with van der Waals surface area (Å²) in [6.07, 6.45) is -2.18. The van der Waals surface area contributed by atoms with Crippen molar-refractivity contribution >= 4 is 11.8 Å². The van der Waals surface area contributed by atoms with Crippen LogP contribution < -0.4 is 5.73 Å². The molecule has 2 unspecified atom stereocenters. The molecule has 1 heterocycles. The van der Waals surface area contributed by atoms with Gasteiger partial charge in [-0.05, 0) is 0 Å². The van der Waals surface area contributed by atoms with E-state index >= 15 is 0 Å². The Morgan fingerprint density at radius 3 is 2.82 bits per heavy atom. The number of hydrogen-bond acceptors (Lipinski definition) is 8. The van der Waals surface area contributed by atoms with Gasteiger partial charge in [-0.25, -0.2) is 14.8 Å². The Balaban J connectivity index is 3.13. The molecule has 1 aromatic rings. The van der Waals surface area contributed by atoms with Gasteiger partial charge in [0, 0.05) is 0 Å². The highest BCUT2D eigenvalue weighted by Gasteiger charge is 2.22. The number of anilines is 1. The van der Waals surface area contributed by atoms with Crippen molar-refractivity contribution in [3.63, 3.8) is 0 Å². The molecule has 17 heavy (non-hydrogen) atoms. The van der Waals surface area contributed by atoms with E-state index in [9.17, 15) is 9.90 Å². The zero-order valence-corrected chi connectivity index (χ0v) is 8.86. The maximum absolute atomic E-state index is 11.2. The molecular formula is C9H10N4O4. The summed E-state index contributed by atoms with van der Waals surface area (Å²) < 4.78 is 4.41. The van der Waals surface area contributed by atoms with Gasteiger partial charge in [-0.3, -0.25) is 0 Å². The van der Waals surface area contributed by atoms with Gasteiger partial charge >= 0.3 is 5.97 Å². The number of esters is 1. The number of hydrogen-bond donors (Lipinski definition) is 3. The monoisotopic (exact) mass is 238 g/mol. The molecule has 0 fully saturated rings. The maximum atomic E-state index is 11.2. The van der Waals surface area contributed by atoms with Gasteiger partial charge < -0.3 is 20.7 Å². The van der Waals surface area contributed by atoms with Gasteiger partial charge in [0.25, 0.3) is 0 Å². The molecule has 1 aromatic heterocycles. The lowest BCUT2D eigenvalue weighted by Gasteiger charge is -2.11. The van der Waals surface area contributed by atoms with Gasteiger partial charge in [0.05, 0.1) is 25.1 Å². The number of aliphatic hydroxyl groups excluding tert-OH is 2. The van der Waals surface area contributed by atoms with E-state index in [-0.39, 0.29) is 17.2 Å². The average molecular weight is 238 g/mol. The molecule has 8 nitrogen and oxygen atoms in total. The van der Waals surface area contributed by atoms with Crippen LogP contribution >= 0.6 is 0 Å². The van der Waals surface area contributed by atoms with Crippen molar-refractivity contribution in [2.45, 2.75) is 12.2 Å². The van der Waals surface area contributed by atoms with Crippen molar-refractivity contribution in [2.24, 2.45) is 0 Å². The minimum atomic E-state index is -1.67. The zero-order chi connectivity index (χ0) is 13.0. The van der Waals surface area contributed by atoms with Crippen LogP contribution in [0.25, 0.3) is 0 Å². The Morgan fingerprint density at radius 2 is 2.29 bits per heavy atom. The average Bonchev–Trinajstić information content (AvgIpc) is 2.36. The number of nitriles is 1. The summed E-state index contributed by atoms with van der Waals surface area (Å²) in [5.41, 5.74) is 4.96. The molecule has 0 radical (unpaired) electrons. The maximum Gasteiger partial charge on any atom is 0.360 e. The van der Waals surface area contributed by atoms with Crippen LogP contribution in [0.1, 0.15) is 22.3 Å². The topological polar surface area (TPSA) is 142 Å². The number of nitrogen functional groups attached to an aromatic ring is 1. The summed E-state index contributed by atoms with van der Waals surface area (Å²) in [7, 11) is 1.14. The second-order valence-corrected chi connectivity index (χ2v) is 3.04. The Labute approximate surface area is 96.3 Å². The van der Waals surface area contributed by atoms with Crippen molar-refractivity contribution in [1.82, 2.24) is 9.97 Å². The van der Waals surface area contributed by atoms with Gasteiger partial charge in [0.1, 0.15) is 6.10 Å². The Morgan fingerprint density at radius 1 is 1.65 bits per heavy atom. The second kappa shape index (κ2) is 5.20. The van der Waals surface area contributed by atoms with E-state index in [1.807, 2.05) is 0 Å². The van der Waals surface area contributed by atoms with Crippen LogP contribution in [0.5, 0.6) is 0 Å². The van der Waals surface area contributed by atoms with Crippen molar-refractivity contribution in [3.8, 4) is 6.07 Å². The molecule has 1 rings (SSSR count). The molecular weight excluding hydrogens is 228 g/mol. The smallest absolute Gasteiger partial charge is 0.360 e. The van der Waals surface area contributed by atoms with Crippen LogP contribution in [-0.4, -0.2) is 39.4 Å².